The van der Waals surface area contributed by atoms with Crippen LogP contribution in [0.2, 0.25) is 0 Å². The van der Waals surface area contributed by atoms with E-state index in [2.05, 4.69) is 4.98 Å². The highest BCUT2D eigenvalue weighted by molar-refractivity contribution is 7.89. The molecule has 0 saturated heterocycles. The van der Waals surface area contributed by atoms with Gasteiger partial charge in [0.15, 0.2) is 9.84 Å². The number of aromatic amines is 1. The van der Waals surface area contributed by atoms with Gasteiger partial charge in [0.05, 0.1) is 17.2 Å². The largest absolute Gasteiger partial charge is 0.358 e. The Bertz CT molecular complexity index is 726. The van der Waals surface area contributed by atoms with E-state index in [9.17, 15) is 8.42 Å². The highest BCUT2D eigenvalue weighted by atomic mass is 32.2. The fourth-order valence-corrected chi connectivity index (χ4v) is 4.13. The molecule has 1 aromatic carbocycles. The van der Waals surface area contributed by atoms with E-state index in [0.29, 0.717) is 0 Å². The van der Waals surface area contributed by atoms with E-state index in [1.165, 1.54) is 0 Å². The van der Waals surface area contributed by atoms with E-state index in [4.69, 9.17) is 0 Å². The van der Waals surface area contributed by atoms with Gasteiger partial charge in [0.25, 0.3) is 0 Å². The summed E-state index contributed by atoms with van der Waals surface area (Å²) in [5.41, 5.74) is 5.86. The van der Waals surface area contributed by atoms with Gasteiger partial charge in [-0.05, 0) is 31.0 Å². The first-order chi connectivity index (χ1) is 8.44. The molecule has 2 heterocycles. The van der Waals surface area contributed by atoms with Crippen molar-refractivity contribution >= 4 is 9.84 Å². The SMILES string of the molecule is Cc1ccc2c(c1)CS(=O)(=O)Cc1cc(C)[nH]c1-2. The third-order valence-electron chi connectivity index (χ3n) is 3.31. The zero-order valence-electron chi connectivity index (χ0n) is 10.4. The molecule has 3 nitrogen and oxygen atoms in total. The van der Waals surface area contributed by atoms with Crippen LogP contribution in [0.3, 0.4) is 0 Å². The van der Waals surface area contributed by atoms with E-state index in [0.717, 1.165) is 33.6 Å². The summed E-state index contributed by atoms with van der Waals surface area (Å²) in [7, 11) is -3.07. The number of aryl methyl sites for hydroxylation is 2. The number of sulfone groups is 1. The quantitative estimate of drug-likeness (QED) is 0.792. The fraction of sp³-hybridized carbons (Fsp3) is 0.286. The van der Waals surface area contributed by atoms with Crippen molar-refractivity contribution in [3.63, 3.8) is 0 Å². The van der Waals surface area contributed by atoms with Gasteiger partial charge in [0.2, 0.25) is 0 Å². The van der Waals surface area contributed by atoms with Gasteiger partial charge in [-0.2, -0.15) is 0 Å². The first-order valence-corrected chi connectivity index (χ1v) is 7.75. The van der Waals surface area contributed by atoms with Crippen molar-refractivity contribution in [1.29, 1.82) is 0 Å². The number of fused-ring (bicyclic) bond motifs is 3. The molecule has 0 aliphatic carbocycles. The maximum atomic E-state index is 12.1. The molecular weight excluding hydrogens is 246 g/mol. The smallest absolute Gasteiger partial charge is 0.158 e. The first kappa shape index (κ1) is 11.5. The molecule has 0 amide bonds. The Morgan fingerprint density at radius 1 is 1.06 bits per heavy atom. The second kappa shape index (κ2) is 3.72. The second-order valence-corrected chi connectivity index (χ2v) is 7.11. The molecule has 0 saturated carbocycles. The zero-order valence-corrected chi connectivity index (χ0v) is 11.3. The van der Waals surface area contributed by atoms with Crippen LogP contribution < -0.4 is 0 Å². The molecule has 0 radical (unpaired) electrons. The summed E-state index contributed by atoms with van der Waals surface area (Å²) < 4.78 is 24.2. The molecule has 0 spiro atoms. The predicted molar refractivity (Wildman–Crippen MR) is 72.0 cm³/mol. The maximum absolute atomic E-state index is 12.1. The Morgan fingerprint density at radius 3 is 2.56 bits per heavy atom. The standard InChI is InChI=1S/C14H15NO2S/c1-9-3-4-13-11(5-9)7-18(16,17)8-12-6-10(2)15-14(12)13/h3-6,15H,7-8H2,1-2H3. The Morgan fingerprint density at radius 2 is 1.78 bits per heavy atom. The van der Waals surface area contributed by atoms with Crippen LogP contribution in [-0.2, 0) is 21.3 Å². The number of nitrogens with one attached hydrogen (secondary N) is 1. The van der Waals surface area contributed by atoms with Crippen LogP contribution in [0, 0.1) is 13.8 Å². The summed E-state index contributed by atoms with van der Waals surface area (Å²) in [6.07, 6.45) is 0. The van der Waals surface area contributed by atoms with E-state index in [-0.39, 0.29) is 11.5 Å². The summed E-state index contributed by atoms with van der Waals surface area (Å²) >= 11 is 0. The molecule has 0 bridgehead atoms. The van der Waals surface area contributed by atoms with Crippen LogP contribution in [0.15, 0.2) is 24.3 Å². The number of rotatable bonds is 0. The third-order valence-corrected chi connectivity index (χ3v) is 4.82. The number of benzene rings is 1. The fourth-order valence-electron chi connectivity index (χ4n) is 2.61. The molecular formula is C14H15NO2S. The van der Waals surface area contributed by atoms with Crippen LogP contribution in [0.1, 0.15) is 22.4 Å². The molecule has 18 heavy (non-hydrogen) atoms. The summed E-state index contributed by atoms with van der Waals surface area (Å²) in [4.78, 5) is 3.29. The predicted octanol–water partition coefficient (Wildman–Crippen LogP) is 2.73. The van der Waals surface area contributed by atoms with Gasteiger partial charge in [-0.3, -0.25) is 0 Å². The van der Waals surface area contributed by atoms with Crippen molar-refractivity contribution in [2.75, 3.05) is 0 Å². The van der Waals surface area contributed by atoms with E-state index in [1.807, 2.05) is 38.1 Å². The molecule has 94 valence electrons. The van der Waals surface area contributed by atoms with Gasteiger partial charge in [0, 0.05) is 11.3 Å². The summed E-state index contributed by atoms with van der Waals surface area (Å²) in [6.45, 7) is 3.94. The molecule has 1 aromatic heterocycles. The third kappa shape index (κ3) is 1.86. The number of aromatic nitrogens is 1. The first-order valence-electron chi connectivity index (χ1n) is 5.93. The van der Waals surface area contributed by atoms with Gasteiger partial charge in [0.1, 0.15) is 0 Å². The lowest BCUT2D eigenvalue weighted by atomic mass is 10.0. The summed E-state index contributed by atoms with van der Waals surface area (Å²) in [5.74, 6) is 0.256. The lowest BCUT2D eigenvalue weighted by Crippen LogP contribution is -2.05. The van der Waals surface area contributed by atoms with Gasteiger partial charge in [-0.25, -0.2) is 8.42 Å². The van der Waals surface area contributed by atoms with E-state index in [1.54, 1.807) is 0 Å². The average Bonchev–Trinajstić information content (AvgIpc) is 2.53. The van der Waals surface area contributed by atoms with Crippen LogP contribution in [0.25, 0.3) is 11.3 Å². The van der Waals surface area contributed by atoms with Gasteiger partial charge in [-0.15, -0.1) is 0 Å². The highest BCUT2D eigenvalue weighted by Gasteiger charge is 2.24. The molecule has 0 fully saturated rings. The van der Waals surface area contributed by atoms with Crippen molar-refractivity contribution in [3.8, 4) is 11.3 Å². The van der Waals surface area contributed by atoms with Crippen molar-refractivity contribution < 1.29 is 8.42 Å². The summed E-state index contributed by atoms with van der Waals surface area (Å²) in [5, 5.41) is 0. The molecule has 4 heteroatoms. The molecule has 0 atom stereocenters. The number of hydrogen-bond acceptors (Lipinski definition) is 2. The topological polar surface area (TPSA) is 49.9 Å². The molecule has 0 unspecified atom stereocenters. The molecule has 2 aromatic rings. The number of hydrogen-bond donors (Lipinski definition) is 1. The normalized spacial score (nSPS) is 16.8. The zero-order chi connectivity index (χ0) is 12.9. The lowest BCUT2D eigenvalue weighted by Gasteiger charge is -2.06. The summed E-state index contributed by atoms with van der Waals surface area (Å²) in [6, 6.07) is 7.94. The van der Waals surface area contributed by atoms with Gasteiger partial charge >= 0.3 is 0 Å². The van der Waals surface area contributed by atoms with Gasteiger partial charge < -0.3 is 4.98 Å². The maximum Gasteiger partial charge on any atom is 0.158 e. The molecule has 3 rings (SSSR count). The number of H-pyrrole nitrogens is 1. The molecule has 1 aliphatic rings. The second-order valence-electron chi connectivity index (χ2n) is 5.05. The monoisotopic (exact) mass is 261 g/mol. The Kier molecular flexibility index (Phi) is 2.38. The van der Waals surface area contributed by atoms with Crippen molar-refractivity contribution in [2.45, 2.75) is 25.4 Å². The molecule has 1 N–H and O–H groups in total. The lowest BCUT2D eigenvalue weighted by molar-refractivity contribution is 0.595. The Labute approximate surface area is 107 Å². The minimum absolute atomic E-state index is 0.125. The van der Waals surface area contributed by atoms with Crippen molar-refractivity contribution in [3.05, 3.63) is 46.6 Å². The van der Waals surface area contributed by atoms with E-state index >= 15 is 0 Å². The minimum Gasteiger partial charge on any atom is -0.358 e. The average molecular weight is 261 g/mol. The van der Waals surface area contributed by atoms with Crippen LogP contribution in [0.5, 0.6) is 0 Å². The Hall–Kier alpha value is -1.55. The Balaban J connectivity index is 2.34. The van der Waals surface area contributed by atoms with Gasteiger partial charge in [-0.1, -0.05) is 23.8 Å². The van der Waals surface area contributed by atoms with Crippen molar-refractivity contribution in [1.82, 2.24) is 4.98 Å². The van der Waals surface area contributed by atoms with Crippen LogP contribution in [0.4, 0.5) is 0 Å². The highest BCUT2D eigenvalue weighted by Crippen LogP contribution is 2.34. The minimum atomic E-state index is -3.07. The van der Waals surface area contributed by atoms with E-state index < -0.39 is 9.84 Å². The van der Waals surface area contributed by atoms with Crippen molar-refractivity contribution in [2.24, 2.45) is 0 Å². The van der Waals surface area contributed by atoms with Crippen LogP contribution in [-0.4, -0.2) is 13.4 Å². The molecule has 1 aliphatic heterocycles. The van der Waals surface area contributed by atoms with Crippen LogP contribution >= 0.6 is 0 Å².